The molecule has 5 rings (SSSR count). The van der Waals surface area contributed by atoms with Gasteiger partial charge in [0.05, 0.1) is 23.6 Å². The number of carbonyl (C=O) groups is 1. The van der Waals surface area contributed by atoms with E-state index in [4.69, 9.17) is 0 Å². The van der Waals surface area contributed by atoms with Gasteiger partial charge in [0.2, 0.25) is 5.91 Å². The number of halogens is 3. The number of rotatable bonds is 4. The lowest BCUT2D eigenvalue weighted by molar-refractivity contribution is -0.120. The number of nitrogens with zero attached hydrogens (tertiary/aromatic N) is 3. The number of nitrogens with one attached hydrogen (secondary N) is 1. The lowest BCUT2D eigenvalue weighted by atomic mass is 9.96. The van der Waals surface area contributed by atoms with Gasteiger partial charge >= 0.3 is 0 Å². The van der Waals surface area contributed by atoms with Gasteiger partial charge in [-0.15, -0.1) is 0 Å². The maximum atomic E-state index is 13.6. The van der Waals surface area contributed by atoms with Gasteiger partial charge in [-0.05, 0) is 42.7 Å². The molecule has 0 saturated heterocycles. The highest BCUT2D eigenvalue weighted by Crippen LogP contribution is 2.64. The number of benzene rings is 1. The van der Waals surface area contributed by atoms with E-state index in [1.807, 2.05) is 11.5 Å². The van der Waals surface area contributed by atoms with Gasteiger partial charge in [0, 0.05) is 24.1 Å². The lowest BCUT2D eigenvalue weighted by Gasteiger charge is -2.19. The molecular weight excluding hydrogens is 381 g/mol. The quantitative estimate of drug-likeness (QED) is 0.710. The Balaban J connectivity index is 1.25. The molecule has 2 fully saturated rings. The van der Waals surface area contributed by atoms with Crippen molar-refractivity contribution in [2.75, 3.05) is 5.32 Å². The number of imidazole rings is 1. The Hall–Kier alpha value is -2.90. The van der Waals surface area contributed by atoms with Crippen LogP contribution in [-0.2, 0) is 4.79 Å². The summed E-state index contributed by atoms with van der Waals surface area (Å²) >= 11 is 0. The first-order valence-corrected chi connectivity index (χ1v) is 9.66. The summed E-state index contributed by atoms with van der Waals surface area (Å²) in [5.41, 5.74) is 1.04. The van der Waals surface area contributed by atoms with E-state index < -0.39 is 17.5 Å². The molecule has 0 aliphatic heterocycles. The number of anilines is 1. The van der Waals surface area contributed by atoms with Crippen LogP contribution >= 0.6 is 0 Å². The van der Waals surface area contributed by atoms with E-state index in [0.29, 0.717) is 28.7 Å². The third-order valence-electron chi connectivity index (χ3n) is 6.47. The van der Waals surface area contributed by atoms with Gasteiger partial charge in [-0.1, -0.05) is 6.92 Å². The van der Waals surface area contributed by atoms with E-state index in [0.717, 1.165) is 25.1 Å². The van der Waals surface area contributed by atoms with E-state index >= 15 is 0 Å². The van der Waals surface area contributed by atoms with Crippen LogP contribution in [0.5, 0.6) is 0 Å². The molecule has 8 heteroatoms. The summed E-state index contributed by atoms with van der Waals surface area (Å²) in [6, 6.07) is 5.19. The minimum atomic E-state index is -0.896. The molecule has 3 aromatic rings. The molecule has 29 heavy (non-hydrogen) atoms. The SMILES string of the molecule is CC(C(=O)Nc1ccc(F)cn1)[C@H]1[C@@H]2C[C@@H](n3cnc4cc(F)c(F)cc43)C[C@@H]21. The van der Waals surface area contributed by atoms with Gasteiger partial charge in [0.25, 0.3) is 0 Å². The number of carbonyl (C=O) groups excluding carboxylic acids is 1. The zero-order valence-electron chi connectivity index (χ0n) is 15.6. The molecule has 2 aromatic heterocycles. The Morgan fingerprint density at radius 1 is 1.14 bits per heavy atom. The van der Waals surface area contributed by atoms with E-state index in [1.165, 1.54) is 18.2 Å². The summed E-state index contributed by atoms with van der Waals surface area (Å²) < 4.78 is 41.9. The monoisotopic (exact) mass is 400 g/mol. The van der Waals surface area contributed by atoms with Gasteiger partial charge in [-0.3, -0.25) is 4.79 Å². The molecule has 5 atom stereocenters. The van der Waals surface area contributed by atoms with Gasteiger partial charge in [0.1, 0.15) is 11.6 Å². The van der Waals surface area contributed by atoms with Crippen molar-refractivity contribution in [1.29, 1.82) is 0 Å². The molecule has 150 valence electrons. The lowest BCUT2D eigenvalue weighted by Crippen LogP contribution is -2.24. The summed E-state index contributed by atoms with van der Waals surface area (Å²) in [5, 5.41) is 2.74. The van der Waals surface area contributed by atoms with Crippen molar-refractivity contribution in [3.8, 4) is 0 Å². The fraction of sp³-hybridized carbons (Fsp3) is 0.381. The predicted octanol–water partition coefficient (Wildman–Crippen LogP) is 4.32. The molecule has 1 amide bonds. The third kappa shape index (κ3) is 3.07. The number of amides is 1. The predicted molar refractivity (Wildman–Crippen MR) is 100 cm³/mol. The number of hydrogen-bond acceptors (Lipinski definition) is 3. The first-order chi connectivity index (χ1) is 13.9. The van der Waals surface area contributed by atoms with Crippen LogP contribution < -0.4 is 5.32 Å². The van der Waals surface area contributed by atoms with Crippen molar-refractivity contribution in [3.05, 3.63) is 54.2 Å². The van der Waals surface area contributed by atoms with Crippen molar-refractivity contribution in [1.82, 2.24) is 14.5 Å². The molecule has 0 radical (unpaired) electrons. The third-order valence-corrected chi connectivity index (χ3v) is 6.47. The zero-order valence-corrected chi connectivity index (χ0v) is 15.6. The second kappa shape index (κ2) is 6.57. The summed E-state index contributed by atoms with van der Waals surface area (Å²) in [6.45, 7) is 1.90. The second-order valence-electron chi connectivity index (χ2n) is 8.08. The Bertz CT molecular complexity index is 1090. The molecule has 1 unspecified atom stereocenters. The standard InChI is InChI=1S/C21H19F3N4O/c1-10(21(29)27-19-3-2-11(22)8-25-19)20-13-4-12(5-14(13)20)28-9-26-17-6-15(23)16(24)7-18(17)28/h2-3,6-10,12-14,20H,4-5H2,1H3,(H,25,27,29)/t10?,12-,13-,14+,20+. The van der Waals surface area contributed by atoms with Crippen LogP contribution in [0.3, 0.4) is 0 Å². The first kappa shape index (κ1) is 18.1. The minimum Gasteiger partial charge on any atom is -0.327 e. The van der Waals surface area contributed by atoms with Crippen LogP contribution in [0.2, 0.25) is 0 Å². The fourth-order valence-electron chi connectivity index (χ4n) is 5.01. The Labute approximate surface area is 165 Å². The Morgan fingerprint density at radius 2 is 1.86 bits per heavy atom. The van der Waals surface area contributed by atoms with E-state index in [1.54, 1.807) is 6.33 Å². The molecule has 2 heterocycles. The normalized spacial score (nSPS) is 26.3. The van der Waals surface area contributed by atoms with Gasteiger partial charge < -0.3 is 9.88 Å². The van der Waals surface area contributed by atoms with Crippen LogP contribution in [-0.4, -0.2) is 20.4 Å². The molecule has 1 N–H and O–H groups in total. The number of hydrogen-bond donors (Lipinski definition) is 1. The highest BCUT2D eigenvalue weighted by molar-refractivity contribution is 5.91. The van der Waals surface area contributed by atoms with Gasteiger partial charge in [0.15, 0.2) is 11.6 Å². The highest BCUT2D eigenvalue weighted by Gasteiger charge is 2.59. The first-order valence-electron chi connectivity index (χ1n) is 9.66. The molecule has 2 saturated carbocycles. The maximum absolute atomic E-state index is 13.6. The van der Waals surface area contributed by atoms with Crippen LogP contribution in [0.4, 0.5) is 19.0 Å². The van der Waals surface area contributed by atoms with Crippen molar-refractivity contribution in [3.63, 3.8) is 0 Å². The summed E-state index contributed by atoms with van der Waals surface area (Å²) in [7, 11) is 0. The van der Waals surface area contributed by atoms with E-state index in [9.17, 15) is 18.0 Å². The largest absolute Gasteiger partial charge is 0.327 e. The van der Waals surface area contributed by atoms with Crippen LogP contribution in [0.25, 0.3) is 11.0 Å². The van der Waals surface area contributed by atoms with Crippen molar-refractivity contribution < 1.29 is 18.0 Å². The molecule has 0 spiro atoms. The summed E-state index contributed by atoms with van der Waals surface area (Å²) in [6.07, 6.45) is 4.48. The summed E-state index contributed by atoms with van der Waals surface area (Å²) in [4.78, 5) is 20.6. The fourth-order valence-corrected chi connectivity index (χ4v) is 5.01. The number of aromatic nitrogens is 3. The van der Waals surface area contributed by atoms with Gasteiger partial charge in [-0.2, -0.15) is 0 Å². The molecule has 1 aromatic carbocycles. The van der Waals surface area contributed by atoms with Crippen molar-refractivity contribution in [2.45, 2.75) is 25.8 Å². The highest BCUT2D eigenvalue weighted by atomic mass is 19.2. The molecular formula is C21H19F3N4O. The molecule has 5 nitrogen and oxygen atoms in total. The molecule has 2 aliphatic rings. The average Bonchev–Trinajstić information content (AvgIpc) is 3.02. The summed E-state index contributed by atoms with van der Waals surface area (Å²) in [5.74, 6) is -1.05. The van der Waals surface area contributed by atoms with E-state index in [-0.39, 0.29) is 23.8 Å². The molecule has 2 aliphatic carbocycles. The van der Waals surface area contributed by atoms with E-state index in [2.05, 4.69) is 15.3 Å². The van der Waals surface area contributed by atoms with Gasteiger partial charge in [-0.25, -0.2) is 23.1 Å². The minimum absolute atomic E-state index is 0.120. The number of fused-ring (bicyclic) bond motifs is 2. The zero-order chi connectivity index (χ0) is 20.3. The second-order valence-corrected chi connectivity index (χ2v) is 8.08. The van der Waals surface area contributed by atoms with Crippen LogP contribution in [0, 0.1) is 41.1 Å². The Kier molecular flexibility index (Phi) is 4.11. The average molecular weight is 400 g/mol. The Morgan fingerprint density at radius 3 is 2.55 bits per heavy atom. The topological polar surface area (TPSA) is 59.8 Å². The van der Waals surface area contributed by atoms with Crippen molar-refractivity contribution >= 4 is 22.8 Å². The number of pyridine rings is 1. The smallest absolute Gasteiger partial charge is 0.228 e. The van der Waals surface area contributed by atoms with Crippen LogP contribution in [0.15, 0.2) is 36.8 Å². The van der Waals surface area contributed by atoms with Crippen molar-refractivity contribution in [2.24, 2.45) is 23.7 Å². The van der Waals surface area contributed by atoms with Crippen LogP contribution in [0.1, 0.15) is 25.8 Å². The molecule has 0 bridgehead atoms. The maximum Gasteiger partial charge on any atom is 0.228 e.